The minimum atomic E-state index is -0.0998. The van der Waals surface area contributed by atoms with Gasteiger partial charge in [0.1, 0.15) is 0 Å². The molecule has 1 heterocycles. The Kier molecular flexibility index (Phi) is 2.91. The first kappa shape index (κ1) is 10.7. The first-order valence-corrected chi connectivity index (χ1v) is 5.30. The maximum atomic E-state index is 11.5. The molecule has 0 unspecified atom stereocenters. The lowest BCUT2D eigenvalue weighted by Crippen LogP contribution is -2.29. The highest BCUT2D eigenvalue weighted by Crippen LogP contribution is 2.26. The van der Waals surface area contributed by atoms with Crippen LogP contribution in [-0.2, 0) is 0 Å². The zero-order valence-corrected chi connectivity index (χ0v) is 9.38. The van der Waals surface area contributed by atoms with Gasteiger partial charge in [-0.25, -0.2) is 4.79 Å². The van der Waals surface area contributed by atoms with Gasteiger partial charge in [-0.05, 0) is 24.4 Å². The number of carbonyl (C=O) groups is 1. The molecule has 1 fully saturated rings. The minimum Gasteiger partial charge on any atom is -0.376 e. The van der Waals surface area contributed by atoms with Crippen LogP contribution in [0.4, 0.5) is 16.2 Å². The standard InChI is InChI=1S/C10H12N4OS/c11-9(16)13-7-3-1-2-4-8(7)14-6-5-12-10(14)15/h1-4H,5-6H2,(H,12,15)(H3,11,13,16). The van der Waals surface area contributed by atoms with E-state index in [-0.39, 0.29) is 11.1 Å². The highest BCUT2D eigenvalue weighted by molar-refractivity contribution is 7.80. The van der Waals surface area contributed by atoms with Crippen LogP contribution >= 0.6 is 12.2 Å². The van der Waals surface area contributed by atoms with Crippen molar-refractivity contribution in [2.24, 2.45) is 5.73 Å². The Bertz CT molecular complexity index is 435. The summed E-state index contributed by atoms with van der Waals surface area (Å²) in [6, 6.07) is 7.31. The second-order valence-electron chi connectivity index (χ2n) is 3.39. The predicted molar refractivity (Wildman–Crippen MR) is 67.6 cm³/mol. The van der Waals surface area contributed by atoms with E-state index in [2.05, 4.69) is 10.6 Å². The van der Waals surface area contributed by atoms with Gasteiger partial charge in [0.2, 0.25) is 0 Å². The van der Waals surface area contributed by atoms with Crippen LogP contribution in [0.2, 0.25) is 0 Å². The average Bonchev–Trinajstić information content (AvgIpc) is 2.64. The van der Waals surface area contributed by atoms with Crippen molar-refractivity contribution in [3.05, 3.63) is 24.3 Å². The Balaban J connectivity index is 2.32. The minimum absolute atomic E-state index is 0.0998. The largest absolute Gasteiger partial charge is 0.376 e. The number of urea groups is 1. The fourth-order valence-electron chi connectivity index (χ4n) is 1.65. The third-order valence-electron chi connectivity index (χ3n) is 2.31. The smallest absolute Gasteiger partial charge is 0.322 e. The number of hydrogen-bond acceptors (Lipinski definition) is 2. The Morgan fingerprint density at radius 2 is 2.25 bits per heavy atom. The van der Waals surface area contributed by atoms with E-state index in [9.17, 15) is 4.79 Å². The Hall–Kier alpha value is -1.82. The lowest BCUT2D eigenvalue weighted by Gasteiger charge is -2.18. The van der Waals surface area contributed by atoms with Crippen LogP contribution in [0.5, 0.6) is 0 Å². The van der Waals surface area contributed by atoms with Crippen LogP contribution in [0.1, 0.15) is 0 Å². The van der Waals surface area contributed by atoms with Gasteiger partial charge >= 0.3 is 6.03 Å². The van der Waals surface area contributed by atoms with Crippen LogP contribution < -0.4 is 21.3 Å². The number of para-hydroxylation sites is 2. The number of anilines is 2. The summed E-state index contributed by atoms with van der Waals surface area (Å²) >= 11 is 4.79. The molecule has 4 N–H and O–H groups in total. The van der Waals surface area contributed by atoms with Gasteiger partial charge in [-0.2, -0.15) is 0 Å². The topological polar surface area (TPSA) is 70.4 Å². The molecule has 5 nitrogen and oxygen atoms in total. The molecule has 1 aliphatic heterocycles. The van der Waals surface area contributed by atoms with Gasteiger partial charge in [-0.3, -0.25) is 4.90 Å². The zero-order chi connectivity index (χ0) is 11.5. The second-order valence-corrected chi connectivity index (χ2v) is 3.83. The first-order valence-electron chi connectivity index (χ1n) is 4.89. The molecule has 0 aliphatic carbocycles. The normalized spacial score (nSPS) is 14.8. The molecule has 1 aromatic rings. The van der Waals surface area contributed by atoms with Gasteiger partial charge in [0, 0.05) is 13.1 Å². The van der Waals surface area contributed by atoms with Crippen molar-refractivity contribution in [2.45, 2.75) is 0 Å². The Morgan fingerprint density at radius 3 is 2.88 bits per heavy atom. The molecule has 1 aromatic carbocycles. The van der Waals surface area contributed by atoms with Gasteiger partial charge in [0.05, 0.1) is 11.4 Å². The quantitative estimate of drug-likeness (QED) is 0.666. The third kappa shape index (κ3) is 2.06. The van der Waals surface area contributed by atoms with Crippen LogP contribution in [0, 0.1) is 0 Å². The molecular weight excluding hydrogens is 224 g/mol. The number of hydrogen-bond donors (Lipinski definition) is 3. The summed E-state index contributed by atoms with van der Waals surface area (Å²) in [6.07, 6.45) is 0. The number of rotatable bonds is 2. The molecule has 6 heteroatoms. The van der Waals surface area contributed by atoms with Gasteiger partial charge < -0.3 is 16.4 Å². The number of thiocarbonyl (C=S) groups is 1. The van der Waals surface area contributed by atoms with Crippen molar-refractivity contribution in [1.29, 1.82) is 0 Å². The third-order valence-corrected chi connectivity index (χ3v) is 2.41. The molecule has 0 radical (unpaired) electrons. The van der Waals surface area contributed by atoms with Crippen LogP contribution in [0.3, 0.4) is 0 Å². The fourth-order valence-corrected chi connectivity index (χ4v) is 1.76. The van der Waals surface area contributed by atoms with E-state index in [1.54, 1.807) is 4.90 Å². The molecule has 0 saturated carbocycles. The molecule has 16 heavy (non-hydrogen) atoms. The van der Waals surface area contributed by atoms with Crippen molar-refractivity contribution >= 4 is 34.7 Å². The summed E-state index contributed by atoms with van der Waals surface area (Å²) < 4.78 is 0. The van der Waals surface area contributed by atoms with Crippen molar-refractivity contribution < 1.29 is 4.79 Å². The lowest BCUT2D eigenvalue weighted by molar-refractivity contribution is 0.252. The summed E-state index contributed by atoms with van der Waals surface area (Å²) in [7, 11) is 0. The van der Waals surface area contributed by atoms with Crippen molar-refractivity contribution in [1.82, 2.24) is 5.32 Å². The predicted octanol–water partition coefficient (Wildman–Crippen LogP) is 0.872. The van der Waals surface area contributed by atoms with E-state index in [1.165, 1.54) is 0 Å². The highest BCUT2D eigenvalue weighted by atomic mass is 32.1. The number of carbonyl (C=O) groups excluding carboxylic acids is 1. The van der Waals surface area contributed by atoms with Gasteiger partial charge in [-0.15, -0.1) is 0 Å². The van der Waals surface area contributed by atoms with Crippen LogP contribution in [0.25, 0.3) is 0 Å². The van der Waals surface area contributed by atoms with Gasteiger partial charge in [-0.1, -0.05) is 12.1 Å². The Morgan fingerprint density at radius 1 is 1.50 bits per heavy atom. The maximum Gasteiger partial charge on any atom is 0.322 e. The van der Waals surface area contributed by atoms with Crippen LogP contribution in [0.15, 0.2) is 24.3 Å². The molecule has 0 bridgehead atoms. The summed E-state index contributed by atoms with van der Waals surface area (Å²) in [4.78, 5) is 13.2. The van der Waals surface area contributed by atoms with Gasteiger partial charge in [0.15, 0.2) is 5.11 Å². The van der Waals surface area contributed by atoms with Gasteiger partial charge in [0.25, 0.3) is 0 Å². The summed E-state index contributed by atoms with van der Waals surface area (Å²) in [5, 5.41) is 5.79. The first-order chi connectivity index (χ1) is 7.68. The van der Waals surface area contributed by atoms with E-state index in [4.69, 9.17) is 18.0 Å². The molecule has 0 atom stereocenters. The molecular formula is C10H12N4OS. The van der Waals surface area contributed by atoms with Crippen molar-refractivity contribution in [3.8, 4) is 0 Å². The van der Waals surface area contributed by atoms with E-state index >= 15 is 0 Å². The second kappa shape index (κ2) is 4.36. The van der Waals surface area contributed by atoms with Crippen molar-refractivity contribution in [2.75, 3.05) is 23.3 Å². The maximum absolute atomic E-state index is 11.5. The monoisotopic (exact) mass is 236 g/mol. The molecule has 1 aliphatic rings. The molecule has 1 saturated heterocycles. The Labute approximate surface area is 98.6 Å². The summed E-state index contributed by atoms with van der Waals surface area (Å²) in [5.74, 6) is 0. The summed E-state index contributed by atoms with van der Waals surface area (Å²) in [6.45, 7) is 1.30. The number of nitrogens with zero attached hydrogens (tertiary/aromatic N) is 1. The number of amides is 2. The number of nitrogens with two attached hydrogens (primary N) is 1. The zero-order valence-electron chi connectivity index (χ0n) is 8.56. The number of nitrogens with one attached hydrogen (secondary N) is 2. The molecule has 2 amide bonds. The number of benzene rings is 1. The molecule has 84 valence electrons. The van der Waals surface area contributed by atoms with Crippen molar-refractivity contribution in [3.63, 3.8) is 0 Å². The van der Waals surface area contributed by atoms with E-state index in [0.717, 1.165) is 11.4 Å². The van der Waals surface area contributed by atoms with Crippen LogP contribution in [-0.4, -0.2) is 24.2 Å². The molecule has 0 spiro atoms. The molecule has 0 aromatic heterocycles. The van der Waals surface area contributed by atoms with E-state index in [1.807, 2.05) is 24.3 Å². The summed E-state index contributed by atoms with van der Waals surface area (Å²) in [5.41, 5.74) is 6.95. The lowest BCUT2D eigenvalue weighted by atomic mass is 10.2. The van der Waals surface area contributed by atoms with E-state index < -0.39 is 0 Å². The highest BCUT2D eigenvalue weighted by Gasteiger charge is 2.23. The fraction of sp³-hybridized carbons (Fsp3) is 0.200. The van der Waals surface area contributed by atoms with E-state index in [0.29, 0.717) is 13.1 Å². The SMILES string of the molecule is NC(=S)Nc1ccccc1N1CCNC1=O. The molecule has 2 rings (SSSR count). The average molecular weight is 236 g/mol.